The number of methoxy groups -OCH3 is 1. The fourth-order valence-electron chi connectivity index (χ4n) is 3.34. The maximum Gasteiger partial charge on any atom is 0.265 e. The van der Waals surface area contributed by atoms with E-state index in [1.54, 1.807) is 29.3 Å². The van der Waals surface area contributed by atoms with Crippen molar-refractivity contribution in [2.75, 3.05) is 38.3 Å². The highest BCUT2D eigenvalue weighted by atomic mass is 35.5. The summed E-state index contributed by atoms with van der Waals surface area (Å²) in [7, 11) is 1.64. The Morgan fingerprint density at radius 2 is 1.93 bits per heavy atom. The minimum Gasteiger partial charge on any atom is -0.495 e. The summed E-state index contributed by atoms with van der Waals surface area (Å²) in [4.78, 5) is 3.13. The van der Waals surface area contributed by atoms with E-state index in [0.717, 1.165) is 29.4 Å². The van der Waals surface area contributed by atoms with Crippen LogP contribution in [-0.4, -0.2) is 37.4 Å². The van der Waals surface area contributed by atoms with E-state index >= 15 is 0 Å². The van der Waals surface area contributed by atoms with Crippen molar-refractivity contribution >= 4 is 40.1 Å². The summed E-state index contributed by atoms with van der Waals surface area (Å²) in [5.41, 5.74) is 1.64. The van der Waals surface area contributed by atoms with Gasteiger partial charge < -0.3 is 14.4 Å². The molecule has 0 aliphatic carbocycles. The van der Waals surface area contributed by atoms with E-state index in [2.05, 4.69) is 4.90 Å². The third-order valence-electron chi connectivity index (χ3n) is 4.71. The zero-order valence-electron chi connectivity index (χ0n) is 15.2. The van der Waals surface area contributed by atoms with Crippen LogP contribution in [0.25, 0.3) is 10.9 Å². The van der Waals surface area contributed by atoms with Gasteiger partial charge in [0.05, 0.1) is 31.5 Å². The highest BCUT2D eigenvalue weighted by Crippen LogP contribution is 2.38. The lowest BCUT2D eigenvalue weighted by Crippen LogP contribution is -2.36. The van der Waals surface area contributed by atoms with Crippen molar-refractivity contribution in [1.29, 1.82) is 0 Å². The molecule has 2 heterocycles. The largest absolute Gasteiger partial charge is 0.495 e. The Hall–Kier alpha value is -1.96. The van der Waals surface area contributed by atoms with Gasteiger partial charge in [-0.05, 0) is 42.3 Å². The third-order valence-corrected chi connectivity index (χ3v) is 5.90. The molecule has 0 saturated carbocycles. The maximum absolute atomic E-state index is 13.5. The van der Waals surface area contributed by atoms with E-state index < -0.39 is 6.43 Å². The van der Waals surface area contributed by atoms with Gasteiger partial charge in [0, 0.05) is 40.2 Å². The second-order valence-electron chi connectivity index (χ2n) is 6.40. The molecule has 0 atom stereocenters. The minimum atomic E-state index is -2.55. The summed E-state index contributed by atoms with van der Waals surface area (Å²) in [5, 5.41) is 1.02. The van der Waals surface area contributed by atoms with Crippen LogP contribution in [0.5, 0.6) is 5.75 Å². The van der Waals surface area contributed by atoms with E-state index in [1.165, 1.54) is 18.1 Å². The van der Waals surface area contributed by atoms with Gasteiger partial charge in [-0.25, -0.2) is 8.78 Å². The average molecular weight is 425 g/mol. The standard InChI is InChI=1S/C20H19ClF2N2O2S/c1-26-19-5-3-14(11-18(19)24-6-8-27-9-7-24)28-25-12-16(20(22)23)15-4-2-13(21)10-17(15)25/h2-5,10-12,20H,6-9H2,1H3. The molecule has 148 valence electrons. The van der Waals surface area contributed by atoms with Crippen molar-refractivity contribution < 1.29 is 18.3 Å². The monoisotopic (exact) mass is 424 g/mol. The second kappa shape index (κ2) is 8.19. The van der Waals surface area contributed by atoms with Crippen LogP contribution in [0.1, 0.15) is 12.0 Å². The first-order chi connectivity index (χ1) is 13.6. The predicted molar refractivity (Wildman–Crippen MR) is 109 cm³/mol. The zero-order chi connectivity index (χ0) is 19.7. The maximum atomic E-state index is 13.5. The predicted octanol–water partition coefficient (Wildman–Crippen LogP) is 5.63. The number of ether oxygens (including phenoxy) is 2. The smallest absolute Gasteiger partial charge is 0.265 e. The molecule has 1 aliphatic heterocycles. The van der Waals surface area contributed by atoms with Crippen LogP contribution in [0.4, 0.5) is 14.5 Å². The molecule has 8 heteroatoms. The molecule has 0 radical (unpaired) electrons. The molecule has 0 bridgehead atoms. The summed E-state index contributed by atoms with van der Waals surface area (Å²) < 4.78 is 39.6. The van der Waals surface area contributed by atoms with Crippen molar-refractivity contribution in [3.63, 3.8) is 0 Å². The van der Waals surface area contributed by atoms with Crippen LogP contribution < -0.4 is 9.64 Å². The zero-order valence-corrected chi connectivity index (χ0v) is 16.8. The Morgan fingerprint density at radius 3 is 2.64 bits per heavy atom. The number of nitrogens with zero attached hydrogens (tertiary/aromatic N) is 2. The molecule has 1 aromatic heterocycles. The van der Waals surface area contributed by atoms with E-state index in [9.17, 15) is 8.78 Å². The number of aromatic nitrogens is 1. The molecule has 2 aromatic carbocycles. The van der Waals surface area contributed by atoms with Crippen LogP contribution in [0.2, 0.25) is 5.02 Å². The first-order valence-corrected chi connectivity index (χ1v) is 9.99. The Bertz CT molecular complexity index is 990. The van der Waals surface area contributed by atoms with Gasteiger partial charge in [-0.2, -0.15) is 0 Å². The Labute approximate surface area is 171 Å². The highest BCUT2D eigenvalue weighted by Gasteiger charge is 2.19. The van der Waals surface area contributed by atoms with Crippen molar-refractivity contribution in [3.8, 4) is 5.75 Å². The van der Waals surface area contributed by atoms with Gasteiger partial charge in [-0.3, -0.25) is 3.97 Å². The van der Waals surface area contributed by atoms with E-state index in [-0.39, 0.29) is 5.56 Å². The molecule has 1 aliphatic rings. The summed E-state index contributed by atoms with van der Waals surface area (Å²) in [6.07, 6.45) is -1.07. The fourth-order valence-corrected chi connectivity index (χ4v) is 4.44. The van der Waals surface area contributed by atoms with Gasteiger partial charge in [-0.1, -0.05) is 17.7 Å². The molecule has 0 N–H and O–H groups in total. The minimum absolute atomic E-state index is 0.00100. The van der Waals surface area contributed by atoms with Gasteiger partial charge in [0.1, 0.15) is 5.75 Å². The van der Waals surface area contributed by atoms with Gasteiger partial charge in [0.25, 0.3) is 6.43 Å². The lowest BCUT2D eigenvalue weighted by Gasteiger charge is -2.30. The van der Waals surface area contributed by atoms with Crippen molar-refractivity contribution in [3.05, 3.63) is 53.2 Å². The highest BCUT2D eigenvalue weighted by molar-refractivity contribution is 7.98. The molecular weight excluding hydrogens is 406 g/mol. The van der Waals surface area contributed by atoms with Gasteiger partial charge >= 0.3 is 0 Å². The van der Waals surface area contributed by atoms with Crippen molar-refractivity contribution in [2.24, 2.45) is 0 Å². The second-order valence-corrected chi connectivity index (χ2v) is 7.88. The number of hydrogen-bond acceptors (Lipinski definition) is 4. The van der Waals surface area contributed by atoms with Crippen molar-refractivity contribution in [2.45, 2.75) is 11.3 Å². The van der Waals surface area contributed by atoms with Crippen LogP contribution in [0.3, 0.4) is 0 Å². The number of halogens is 3. The Balaban J connectivity index is 1.72. The number of hydrogen-bond donors (Lipinski definition) is 0. The van der Waals surface area contributed by atoms with Crippen LogP contribution >= 0.6 is 23.5 Å². The first-order valence-electron chi connectivity index (χ1n) is 8.84. The SMILES string of the molecule is COc1ccc(Sn2cc(C(F)F)c3ccc(Cl)cc32)cc1N1CCOCC1. The van der Waals surface area contributed by atoms with Crippen LogP contribution in [0, 0.1) is 0 Å². The number of fused-ring (bicyclic) bond motifs is 1. The summed E-state index contributed by atoms with van der Waals surface area (Å²) in [6, 6.07) is 10.8. The first kappa shape index (κ1) is 19.4. The number of anilines is 1. The number of morpholine rings is 1. The lowest BCUT2D eigenvalue weighted by molar-refractivity contribution is 0.122. The fraction of sp³-hybridized carbons (Fsp3) is 0.300. The van der Waals surface area contributed by atoms with E-state index in [4.69, 9.17) is 21.1 Å². The molecule has 28 heavy (non-hydrogen) atoms. The summed E-state index contributed by atoms with van der Waals surface area (Å²) in [5.74, 6) is 0.778. The Morgan fingerprint density at radius 1 is 1.14 bits per heavy atom. The molecular formula is C20H19ClF2N2O2S. The molecule has 4 nitrogen and oxygen atoms in total. The quantitative estimate of drug-likeness (QED) is 0.530. The van der Waals surface area contributed by atoms with Crippen LogP contribution in [-0.2, 0) is 4.74 Å². The molecule has 3 aromatic rings. The number of benzene rings is 2. The number of rotatable bonds is 5. The normalized spacial score (nSPS) is 14.8. The summed E-state index contributed by atoms with van der Waals surface area (Å²) >= 11 is 7.48. The molecule has 1 fully saturated rings. The third kappa shape index (κ3) is 3.79. The molecule has 0 unspecified atom stereocenters. The Kier molecular flexibility index (Phi) is 5.66. The molecule has 1 saturated heterocycles. The van der Waals surface area contributed by atoms with Gasteiger partial charge in [0.2, 0.25) is 0 Å². The van der Waals surface area contributed by atoms with Crippen molar-refractivity contribution in [1.82, 2.24) is 3.97 Å². The lowest BCUT2D eigenvalue weighted by atomic mass is 10.2. The van der Waals surface area contributed by atoms with Gasteiger partial charge in [0.15, 0.2) is 0 Å². The average Bonchev–Trinajstić information content (AvgIpc) is 3.06. The van der Waals surface area contributed by atoms with E-state index in [1.807, 2.05) is 18.2 Å². The topological polar surface area (TPSA) is 26.6 Å². The molecule has 4 rings (SSSR count). The molecule has 0 amide bonds. The van der Waals surface area contributed by atoms with E-state index in [0.29, 0.717) is 29.1 Å². The summed E-state index contributed by atoms with van der Waals surface area (Å²) in [6.45, 7) is 2.89. The van der Waals surface area contributed by atoms with Crippen LogP contribution in [0.15, 0.2) is 47.5 Å². The number of alkyl halides is 2. The van der Waals surface area contributed by atoms with Gasteiger partial charge in [-0.15, -0.1) is 0 Å². The molecule has 0 spiro atoms.